The Balaban J connectivity index is 1.67. The Bertz CT molecular complexity index is 717. The first kappa shape index (κ1) is 18.5. The number of carboxylic acids is 1. The van der Waals surface area contributed by atoms with Gasteiger partial charge in [-0.05, 0) is 18.6 Å². The number of aliphatic carboxylic acids is 1. The average Bonchev–Trinajstić information content (AvgIpc) is 2.88. The molecule has 0 saturated carbocycles. The van der Waals surface area contributed by atoms with Gasteiger partial charge in [-0.25, -0.2) is 9.59 Å². The van der Waals surface area contributed by atoms with E-state index in [1.54, 1.807) is 6.08 Å². The zero-order valence-corrected chi connectivity index (χ0v) is 14.1. The summed E-state index contributed by atoms with van der Waals surface area (Å²) in [6.07, 6.45) is -1.36. The summed E-state index contributed by atoms with van der Waals surface area (Å²) in [5.74, 6) is -4.13. The van der Waals surface area contributed by atoms with Crippen LogP contribution in [0.2, 0.25) is 0 Å². The maximum absolute atomic E-state index is 11.9. The first-order chi connectivity index (χ1) is 12.3. The van der Waals surface area contributed by atoms with Gasteiger partial charge in [-0.3, -0.25) is 0 Å². The maximum atomic E-state index is 11.9. The molecule has 26 heavy (non-hydrogen) atoms. The van der Waals surface area contributed by atoms with E-state index in [0.29, 0.717) is 0 Å². The zero-order valence-electron chi connectivity index (χ0n) is 14.1. The van der Waals surface area contributed by atoms with E-state index in [2.05, 4.69) is 0 Å². The van der Waals surface area contributed by atoms with Gasteiger partial charge in [-0.1, -0.05) is 30.3 Å². The third kappa shape index (κ3) is 3.24. The molecule has 2 saturated heterocycles. The second-order valence-electron chi connectivity index (χ2n) is 6.54. The highest BCUT2D eigenvalue weighted by Gasteiger charge is 2.67. The van der Waals surface area contributed by atoms with Crippen LogP contribution >= 0.6 is 0 Å². The highest BCUT2D eigenvalue weighted by Crippen LogP contribution is 2.47. The van der Waals surface area contributed by atoms with E-state index < -0.39 is 48.1 Å². The lowest BCUT2D eigenvalue weighted by atomic mass is 9.85. The second kappa shape index (κ2) is 6.81. The minimum absolute atomic E-state index is 0.326. The largest absolute Gasteiger partial charge is 0.477 e. The van der Waals surface area contributed by atoms with E-state index in [-0.39, 0.29) is 6.61 Å². The molecule has 0 aliphatic carbocycles. The fourth-order valence-electron chi connectivity index (χ4n) is 3.22. The molecular formula is C18H20O8. The van der Waals surface area contributed by atoms with E-state index in [1.807, 2.05) is 30.3 Å². The molecule has 0 amide bonds. The molecule has 2 heterocycles. The van der Waals surface area contributed by atoms with Crippen molar-refractivity contribution in [1.82, 2.24) is 0 Å². The van der Waals surface area contributed by atoms with Crippen LogP contribution in [0.4, 0.5) is 0 Å². The number of hydrogen-bond donors (Lipinski definition) is 3. The van der Waals surface area contributed by atoms with Crippen molar-refractivity contribution < 1.29 is 39.1 Å². The van der Waals surface area contributed by atoms with Crippen LogP contribution in [0.15, 0.2) is 36.4 Å². The van der Waals surface area contributed by atoms with Crippen molar-refractivity contribution in [3.8, 4) is 0 Å². The summed E-state index contributed by atoms with van der Waals surface area (Å²) in [6.45, 7) is 1.09. The van der Waals surface area contributed by atoms with E-state index in [4.69, 9.17) is 14.2 Å². The number of carbonyl (C=O) groups is 2. The standard InChI is InChI=1S/C18H20O8/c1-17-13(10-24-14(20)8-7-11-5-3-2-4-6-11)25-18(26-17,16(22)23)9-12(19)15(17)21/h2-8,12-13,15,19,21H,9-10H2,1H3,(H,22,23)/t12-,13-,15-,17-,18-/m0/s1. The highest BCUT2D eigenvalue weighted by atomic mass is 16.8. The molecule has 0 radical (unpaired) electrons. The minimum Gasteiger partial charge on any atom is -0.477 e. The Labute approximate surface area is 149 Å². The van der Waals surface area contributed by atoms with Gasteiger partial charge < -0.3 is 29.5 Å². The first-order valence-corrected chi connectivity index (χ1v) is 8.14. The molecule has 8 nitrogen and oxygen atoms in total. The predicted molar refractivity (Wildman–Crippen MR) is 87.8 cm³/mol. The molecule has 0 spiro atoms. The lowest BCUT2D eigenvalue weighted by molar-refractivity contribution is -0.263. The normalized spacial score (nSPS) is 36.2. The van der Waals surface area contributed by atoms with E-state index >= 15 is 0 Å². The number of aliphatic hydroxyl groups excluding tert-OH is 2. The predicted octanol–water partition coefficient (Wildman–Crippen LogP) is 0.324. The molecule has 0 unspecified atom stereocenters. The molecule has 0 aromatic heterocycles. The Kier molecular flexibility index (Phi) is 4.85. The monoisotopic (exact) mass is 364 g/mol. The van der Waals surface area contributed by atoms with Gasteiger partial charge in [0.15, 0.2) is 0 Å². The third-order valence-electron chi connectivity index (χ3n) is 4.70. The maximum Gasteiger partial charge on any atom is 0.364 e. The average molecular weight is 364 g/mol. The molecule has 3 rings (SSSR count). The second-order valence-corrected chi connectivity index (χ2v) is 6.54. The van der Waals surface area contributed by atoms with Crippen LogP contribution in [0.5, 0.6) is 0 Å². The van der Waals surface area contributed by atoms with Crippen LogP contribution in [0, 0.1) is 0 Å². The van der Waals surface area contributed by atoms with Crippen LogP contribution in [0.3, 0.4) is 0 Å². The molecule has 2 fully saturated rings. The van der Waals surface area contributed by atoms with Gasteiger partial charge in [0.25, 0.3) is 5.79 Å². The van der Waals surface area contributed by atoms with Crippen molar-refractivity contribution in [2.45, 2.75) is 43.0 Å². The van der Waals surface area contributed by atoms with Crippen molar-refractivity contribution in [3.05, 3.63) is 42.0 Å². The van der Waals surface area contributed by atoms with Gasteiger partial charge in [0, 0.05) is 12.5 Å². The van der Waals surface area contributed by atoms with Gasteiger partial charge in [-0.15, -0.1) is 0 Å². The Morgan fingerprint density at radius 2 is 2.00 bits per heavy atom. The van der Waals surface area contributed by atoms with Crippen LogP contribution in [0.1, 0.15) is 18.9 Å². The van der Waals surface area contributed by atoms with Crippen LogP contribution in [0.25, 0.3) is 6.08 Å². The Hall–Kier alpha value is -2.26. The van der Waals surface area contributed by atoms with Crippen LogP contribution < -0.4 is 0 Å². The lowest BCUT2D eigenvalue weighted by Gasteiger charge is -2.40. The van der Waals surface area contributed by atoms with Gasteiger partial charge in [0.05, 0.1) is 6.10 Å². The fourth-order valence-corrected chi connectivity index (χ4v) is 3.22. The summed E-state index contributed by atoms with van der Waals surface area (Å²) in [6, 6.07) is 9.14. The van der Waals surface area contributed by atoms with E-state index in [1.165, 1.54) is 13.0 Å². The number of carboxylic acid groups (broad SMARTS) is 1. The smallest absolute Gasteiger partial charge is 0.364 e. The Morgan fingerprint density at radius 1 is 1.31 bits per heavy atom. The molecule has 140 valence electrons. The number of fused-ring (bicyclic) bond motifs is 2. The molecular weight excluding hydrogens is 344 g/mol. The lowest BCUT2D eigenvalue weighted by Crippen LogP contribution is -2.60. The van der Waals surface area contributed by atoms with Crippen molar-refractivity contribution in [2.24, 2.45) is 0 Å². The molecule has 2 aliphatic heterocycles. The summed E-state index contributed by atoms with van der Waals surface area (Å²) < 4.78 is 16.0. The number of esters is 1. The third-order valence-corrected chi connectivity index (χ3v) is 4.70. The van der Waals surface area contributed by atoms with Gasteiger partial charge in [-0.2, -0.15) is 0 Å². The van der Waals surface area contributed by atoms with E-state index in [0.717, 1.165) is 5.56 Å². The number of benzene rings is 1. The van der Waals surface area contributed by atoms with Gasteiger partial charge in [0.1, 0.15) is 24.4 Å². The highest BCUT2D eigenvalue weighted by molar-refractivity contribution is 5.87. The fraction of sp³-hybridized carbons (Fsp3) is 0.444. The zero-order chi connectivity index (χ0) is 18.9. The molecule has 2 bridgehead atoms. The van der Waals surface area contributed by atoms with Crippen molar-refractivity contribution in [1.29, 1.82) is 0 Å². The quantitative estimate of drug-likeness (QED) is 0.504. The van der Waals surface area contributed by atoms with Crippen molar-refractivity contribution in [2.75, 3.05) is 6.61 Å². The van der Waals surface area contributed by atoms with Crippen LogP contribution in [-0.2, 0) is 23.8 Å². The van der Waals surface area contributed by atoms with Crippen molar-refractivity contribution >= 4 is 18.0 Å². The summed E-state index contributed by atoms with van der Waals surface area (Å²) >= 11 is 0. The molecule has 3 N–H and O–H groups in total. The summed E-state index contributed by atoms with van der Waals surface area (Å²) in [4.78, 5) is 23.4. The number of rotatable bonds is 5. The molecule has 8 heteroatoms. The molecule has 1 aromatic carbocycles. The SMILES string of the molecule is C[C@@]12O[C@](C(=O)O)(C[C@H](O)[C@@H]1O)O[C@H]2COC(=O)C=Cc1ccccc1. The summed E-state index contributed by atoms with van der Waals surface area (Å²) in [5.41, 5.74) is -0.699. The van der Waals surface area contributed by atoms with Crippen LogP contribution in [-0.4, -0.2) is 63.6 Å². The molecule has 1 aromatic rings. The molecule has 5 atom stereocenters. The molecule has 2 aliphatic rings. The van der Waals surface area contributed by atoms with Crippen molar-refractivity contribution in [3.63, 3.8) is 0 Å². The number of aliphatic hydroxyl groups is 2. The van der Waals surface area contributed by atoms with E-state index in [9.17, 15) is 24.9 Å². The number of carbonyl (C=O) groups excluding carboxylic acids is 1. The minimum atomic E-state index is -2.07. The number of hydrogen-bond acceptors (Lipinski definition) is 7. The summed E-state index contributed by atoms with van der Waals surface area (Å²) in [7, 11) is 0. The number of ether oxygens (including phenoxy) is 3. The Morgan fingerprint density at radius 3 is 2.65 bits per heavy atom. The van der Waals surface area contributed by atoms with Gasteiger partial charge in [0.2, 0.25) is 0 Å². The topological polar surface area (TPSA) is 123 Å². The summed E-state index contributed by atoms with van der Waals surface area (Å²) in [5, 5.41) is 29.5. The van der Waals surface area contributed by atoms with Gasteiger partial charge >= 0.3 is 11.9 Å². The first-order valence-electron chi connectivity index (χ1n) is 8.14.